The molecule has 1 heterocycles. The van der Waals surface area contributed by atoms with Crippen LogP contribution in [0.3, 0.4) is 0 Å². The van der Waals surface area contributed by atoms with Crippen LogP contribution in [0.4, 0.5) is 0 Å². The molecule has 0 radical (unpaired) electrons. The number of carboxylic acid groups (broad SMARTS) is 1. The molecular formula is C15H15NO5S2. The second kappa shape index (κ2) is 7.01. The fourth-order valence-electron chi connectivity index (χ4n) is 2.02. The molecule has 1 atom stereocenters. The predicted molar refractivity (Wildman–Crippen MR) is 91.7 cm³/mol. The summed E-state index contributed by atoms with van der Waals surface area (Å²) in [5, 5.41) is 9.09. The number of hydrogen-bond acceptors (Lipinski definition) is 6. The highest BCUT2D eigenvalue weighted by Gasteiger charge is 2.38. The fourth-order valence-corrected chi connectivity index (χ4v) is 3.43. The van der Waals surface area contributed by atoms with Crippen LogP contribution in [0.5, 0.6) is 11.5 Å². The quantitative estimate of drug-likeness (QED) is 0.643. The van der Waals surface area contributed by atoms with E-state index in [1.165, 1.54) is 14.0 Å². The van der Waals surface area contributed by atoms with Crippen LogP contribution in [0, 0.1) is 0 Å². The average Bonchev–Trinajstić information content (AvgIpc) is 2.80. The zero-order valence-electron chi connectivity index (χ0n) is 12.7. The van der Waals surface area contributed by atoms with Gasteiger partial charge in [-0.3, -0.25) is 9.69 Å². The first-order valence-corrected chi connectivity index (χ1v) is 7.83. The maximum Gasteiger partial charge on any atom is 0.326 e. The van der Waals surface area contributed by atoms with E-state index in [4.69, 9.17) is 26.8 Å². The first kappa shape index (κ1) is 17.3. The zero-order valence-corrected chi connectivity index (χ0v) is 14.4. The van der Waals surface area contributed by atoms with Crippen LogP contribution in [0.2, 0.25) is 0 Å². The number of benzene rings is 1. The van der Waals surface area contributed by atoms with Crippen LogP contribution in [-0.2, 0) is 9.59 Å². The van der Waals surface area contributed by atoms with E-state index in [9.17, 15) is 9.59 Å². The van der Waals surface area contributed by atoms with Gasteiger partial charge < -0.3 is 14.6 Å². The summed E-state index contributed by atoms with van der Waals surface area (Å²) in [6, 6.07) is 4.19. The number of carbonyl (C=O) groups excluding carboxylic acids is 1. The number of thiocarbonyl (C=S) groups is 1. The molecular weight excluding hydrogens is 338 g/mol. The van der Waals surface area contributed by atoms with Gasteiger partial charge in [0.25, 0.3) is 5.91 Å². The molecule has 8 heteroatoms. The highest BCUT2D eigenvalue weighted by atomic mass is 32.2. The van der Waals surface area contributed by atoms with E-state index < -0.39 is 17.9 Å². The Balaban J connectivity index is 2.39. The second-order valence-corrected chi connectivity index (χ2v) is 6.35. The largest absolute Gasteiger partial charge is 0.497 e. The minimum atomic E-state index is -1.11. The van der Waals surface area contributed by atoms with Crippen molar-refractivity contribution in [1.82, 2.24) is 4.90 Å². The number of amides is 1. The third-order valence-electron chi connectivity index (χ3n) is 3.29. The van der Waals surface area contributed by atoms with Crippen molar-refractivity contribution in [1.29, 1.82) is 0 Å². The fraction of sp³-hybridized carbons (Fsp3) is 0.267. The summed E-state index contributed by atoms with van der Waals surface area (Å²) in [5.74, 6) is -0.352. The van der Waals surface area contributed by atoms with Crippen molar-refractivity contribution in [3.63, 3.8) is 0 Å². The van der Waals surface area contributed by atoms with Crippen LogP contribution in [-0.4, -0.2) is 46.5 Å². The number of aliphatic carboxylic acids is 1. The summed E-state index contributed by atoms with van der Waals surface area (Å²) >= 11 is 6.19. The van der Waals surface area contributed by atoms with E-state index in [-0.39, 0.29) is 4.32 Å². The number of nitrogens with zero attached hydrogens (tertiary/aromatic N) is 1. The molecule has 0 spiro atoms. The van der Waals surface area contributed by atoms with Gasteiger partial charge in [-0.05, 0) is 31.2 Å². The number of carboxylic acids is 1. The maximum atomic E-state index is 12.4. The van der Waals surface area contributed by atoms with Gasteiger partial charge in [-0.25, -0.2) is 4.79 Å². The van der Waals surface area contributed by atoms with Crippen molar-refractivity contribution in [3.05, 3.63) is 28.7 Å². The van der Waals surface area contributed by atoms with Gasteiger partial charge >= 0.3 is 5.97 Å². The number of hydrogen-bond donors (Lipinski definition) is 1. The minimum Gasteiger partial charge on any atom is -0.497 e. The van der Waals surface area contributed by atoms with Crippen molar-refractivity contribution in [2.75, 3.05) is 14.2 Å². The smallest absolute Gasteiger partial charge is 0.326 e. The van der Waals surface area contributed by atoms with Crippen molar-refractivity contribution in [2.45, 2.75) is 13.0 Å². The molecule has 122 valence electrons. The maximum absolute atomic E-state index is 12.4. The number of rotatable bonds is 5. The number of thioether (sulfide) groups is 1. The SMILES string of the molecule is COc1ccc(OC)c(/C=C2/SC(=S)N([C@@H](C)C(=O)O)C2=O)c1. The summed E-state index contributed by atoms with van der Waals surface area (Å²) in [5.41, 5.74) is 0.648. The molecule has 1 saturated heterocycles. The second-order valence-electron chi connectivity index (χ2n) is 4.67. The third kappa shape index (κ3) is 3.48. The van der Waals surface area contributed by atoms with Gasteiger partial charge in [0.05, 0.1) is 19.1 Å². The molecule has 1 aliphatic rings. The summed E-state index contributed by atoms with van der Waals surface area (Å²) in [4.78, 5) is 25.0. The molecule has 6 nitrogen and oxygen atoms in total. The van der Waals surface area contributed by atoms with Crippen LogP contribution in [0.25, 0.3) is 6.08 Å². The molecule has 1 fully saturated rings. The van der Waals surface area contributed by atoms with Crippen LogP contribution in [0.15, 0.2) is 23.1 Å². The lowest BCUT2D eigenvalue weighted by Gasteiger charge is -2.18. The summed E-state index contributed by atoms with van der Waals surface area (Å²) < 4.78 is 10.7. The molecule has 1 amide bonds. The standard InChI is InChI=1S/C15H15NO5S2/c1-8(14(18)19)16-13(17)12(23-15(16)22)7-9-6-10(20-2)4-5-11(9)21-3/h4-8H,1-3H3,(H,18,19)/b12-7+/t8-/m0/s1. The van der Waals surface area contributed by atoms with Crippen molar-refractivity contribution in [2.24, 2.45) is 0 Å². The normalized spacial score (nSPS) is 17.5. The van der Waals surface area contributed by atoms with Crippen LogP contribution >= 0.6 is 24.0 Å². The van der Waals surface area contributed by atoms with Gasteiger partial charge in [-0.1, -0.05) is 24.0 Å². The van der Waals surface area contributed by atoms with E-state index >= 15 is 0 Å². The number of carbonyl (C=O) groups is 2. The monoisotopic (exact) mass is 353 g/mol. The van der Waals surface area contributed by atoms with E-state index in [0.29, 0.717) is 22.0 Å². The minimum absolute atomic E-state index is 0.220. The van der Waals surface area contributed by atoms with Crippen molar-refractivity contribution >= 4 is 46.3 Å². The van der Waals surface area contributed by atoms with Gasteiger partial charge in [0.1, 0.15) is 21.9 Å². The van der Waals surface area contributed by atoms with E-state index in [2.05, 4.69) is 0 Å². The molecule has 0 saturated carbocycles. The summed E-state index contributed by atoms with van der Waals surface area (Å²) in [6.45, 7) is 1.42. The van der Waals surface area contributed by atoms with Gasteiger partial charge in [0.15, 0.2) is 0 Å². The van der Waals surface area contributed by atoms with Crippen LogP contribution in [0.1, 0.15) is 12.5 Å². The van der Waals surface area contributed by atoms with Crippen molar-refractivity contribution < 1.29 is 24.2 Å². The molecule has 2 rings (SSSR count). The lowest BCUT2D eigenvalue weighted by atomic mass is 10.1. The molecule has 23 heavy (non-hydrogen) atoms. The van der Waals surface area contributed by atoms with Gasteiger partial charge in [0, 0.05) is 5.56 Å². The van der Waals surface area contributed by atoms with E-state index in [1.807, 2.05) is 0 Å². The third-order valence-corrected chi connectivity index (χ3v) is 4.62. The summed E-state index contributed by atoms with van der Waals surface area (Å²) in [6.07, 6.45) is 1.62. The van der Waals surface area contributed by atoms with Gasteiger partial charge in [-0.2, -0.15) is 0 Å². The molecule has 0 unspecified atom stereocenters. The number of methoxy groups -OCH3 is 2. The Bertz CT molecular complexity index is 701. The van der Waals surface area contributed by atoms with E-state index in [1.54, 1.807) is 31.4 Å². The first-order valence-electron chi connectivity index (χ1n) is 6.61. The predicted octanol–water partition coefficient (Wildman–Crippen LogP) is 2.38. The molecule has 0 aliphatic carbocycles. The van der Waals surface area contributed by atoms with Crippen molar-refractivity contribution in [3.8, 4) is 11.5 Å². The highest BCUT2D eigenvalue weighted by Crippen LogP contribution is 2.36. The highest BCUT2D eigenvalue weighted by molar-refractivity contribution is 8.26. The molecule has 1 aromatic rings. The van der Waals surface area contributed by atoms with Gasteiger partial charge in [0.2, 0.25) is 0 Å². The lowest BCUT2D eigenvalue weighted by Crippen LogP contribution is -2.41. The lowest BCUT2D eigenvalue weighted by molar-refractivity contribution is -0.144. The zero-order chi connectivity index (χ0) is 17.1. The summed E-state index contributed by atoms with van der Waals surface area (Å²) in [7, 11) is 3.07. The van der Waals surface area contributed by atoms with Gasteiger partial charge in [-0.15, -0.1) is 0 Å². The molecule has 0 bridgehead atoms. The first-order chi connectivity index (χ1) is 10.9. The molecule has 1 aliphatic heterocycles. The Morgan fingerprint density at radius 1 is 1.39 bits per heavy atom. The molecule has 1 aromatic carbocycles. The van der Waals surface area contributed by atoms with E-state index in [0.717, 1.165) is 16.7 Å². The van der Waals surface area contributed by atoms with Crippen LogP contribution < -0.4 is 9.47 Å². The Labute approximate surface area is 143 Å². The number of ether oxygens (including phenoxy) is 2. The average molecular weight is 353 g/mol. The Hall–Kier alpha value is -2.06. The Morgan fingerprint density at radius 3 is 2.65 bits per heavy atom. The molecule has 1 N–H and O–H groups in total. The Kier molecular flexibility index (Phi) is 5.27. The molecule has 0 aromatic heterocycles. The topological polar surface area (TPSA) is 76.1 Å². The Morgan fingerprint density at radius 2 is 2.09 bits per heavy atom.